The van der Waals surface area contributed by atoms with Crippen LogP contribution in [-0.4, -0.2) is 5.91 Å². The van der Waals surface area contributed by atoms with Crippen molar-refractivity contribution < 1.29 is 9.21 Å². The molecule has 6 heteroatoms. The normalized spacial score (nSPS) is 11.0. The molecule has 0 fully saturated rings. The van der Waals surface area contributed by atoms with Gasteiger partial charge in [0.1, 0.15) is 23.2 Å². The molecule has 0 aliphatic carbocycles. The summed E-state index contributed by atoms with van der Waals surface area (Å²) in [7, 11) is 0. The Kier molecular flexibility index (Phi) is 4.69. The van der Waals surface area contributed by atoms with E-state index in [1.807, 2.05) is 6.07 Å². The lowest BCUT2D eigenvalue weighted by atomic mass is 10.2. The van der Waals surface area contributed by atoms with E-state index < -0.39 is 5.91 Å². The third-order valence-corrected chi connectivity index (χ3v) is 3.24. The van der Waals surface area contributed by atoms with Crippen molar-refractivity contribution in [3.8, 4) is 6.07 Å². The first-order valence-corrected chi connectivity index (χ1v) is 6.70. The summed E-state index contributed by atoms with van der Waals surface area (Å²) >= 11 is 11.9. The topological polar surface area (TPSA) is 66.0 Å². The van der Waals surface area contributed by atoms with Gasteiger partial charge in [-0.2, -0.15) is 5.26 Å². The summed E-state index contributed by atoms with van der Waals surface area (Å²) in [5.74, 6) is 0.499. The van der Waals surface area contributed by atoms with E-state index in [1.165, 1.54) is 6.08 Å². The molecule has 0 aliphatic heterocycles. The Bertz CT molecular complexity index is 737. The predicted octanol–water partition coefficient (Wildman–Crippen LogP) is 4.44. The molecule has 2 aromatic rings. The minimum atomic E-state index is -0.610. The van der Waals surface area contributed by atoms with Crippen molar-refractivity contribution in [2.24, 2.45) is 0 Å². The molecule has 2 rings (SSSR count). The van der Waals surface area contributed by atoms with Crippen LogP contribution in [0.15, 0.2) is 40.3 Å². The van der Waals surface area contributed by atoms with Crippen molar-refractivity contribution in [1.29, 1.82) is 5.26 Å². The van der Waals surface area contributed by atoms with Crippen LogP contribution in [0.25, 0.3) is 6.08 Å². The molecule has 0 unspecified atom stereocenters. The van der Waals surface area contributed by atoms with E-state index in [-0.39, 0.29) is 11.3 Å². The highest BCUT2D eigenvalue weighted by Crippen LogP contribution is 2.30. The summed E-state index contributed by atoms with van der Waals surface area (Å²) in [6.45, 7) is 1.77. The lowest BCUT2D eigenvalue weighted by Gasteiger charge is -2.08. The molecular formula is C15H10Cl2N2O2. The van der Waals surface area contributed by atoms with Crippen LogP contribution in [-0.2, 0) is 4.79 Å². The minimum absolute atomic E-state index is 0.111. The standard InChI is InChI=1S/C15H10Cl2N2O2/c1-9-5-6-11(21-9)7-10(8-18)15(20)19-14-12(16)3-2-4-13(14)17/h2-7H,1H3,(H,19,20). The molecule has 106 valence electrons. The fourth-order valence-electron chi connectivity index (χ4n) is 1.62. The molecular weight excluding hydrogens is 311 g/mol. The molecule has 1 heterocycles. The van der Waals surface area contributed by atoms with Crippen LogP contribution in [0, 0.1) is 18.3 Å². The number of hydrogen-bond donors (Lipinski definition) is 1. The number of anilines is 1. The minimum Gasteiger partial charge on any atom is -0.462 e. The number of furan rings is 1. The van der Waals surface area contributed by atoms with Crippen LogP contribution in [0.5, 0.6) is 0 Å². The number of benzene rings is 1. The Morgan fingerprint density at radius 3 is 2.48 bits per heavy atom. The lowest BCUT2D eigenvalue weighted by molar-refractivity contribution is -0.112. The number of carbonyl (C=O) groups is 1. The second-order valence-electron chi connectivity index (χ2n) is 4.17. The van der Waals surface area contributed by atoms with Gasteiger partial charge in [0.05, 0.1) is 15.7 Å². The fourth-order valence-corrected chi connectivity index (χ4v) is 2.11. The maximum atomic E-state index is 12.1. The average Bonchev–Trinajstić information content (AvgIpc) is 2.85. The number of amides is 1. The monoisotopic (exact) mass is 320 g/mol. The van der Waals surface area contributed by atoms with Crippen molar-refractivity contribution in [3.63, 3.8) is 0 Å². The molecule has 0 aliphatic rings. The number of halogens is 2. The van der Waals surface area contributed by atoms with E-state index in [2.05, 4.69) is 5.32 Å². The number of rotatable bonds is 3. The molecule has 0 saturated heterocycles. The SMILES string of the molecule is Cc1ccc(C=C(C#N)C(=O)Nc2c(Cl)cccc2Cl)o1. The molecule has 1 aromatic heterocycles. The van der Waals surface area contributed by atoms with Gasteiger partial charge in [-0.1, -0.05) is 29.3 Å². The van der Waals surface area contributed by atoms with Crippen molar-refractivity contribution in [1.82, 2.24) is 0 Å². The molecule has 1 aromatic carbocycles. The van der Waals surface area contributed by atoms with Gasteiger partial charge in [0.2, 0.25) is 0 Å². The van der Waals surface area contributed by atoms with E-state index in [0.717, 1.165) is 0 Å². The molecule has 0 radical (unpaired) electrons. The lowest BCUT2D eigenvalue weighted by Crippen LogP contribution is -2.14. The fraction of sp³-hybridized carbons (Fsp3) is 0.0667. The van der Waals surface area contributed by atoms with E-state index in [1.54, 1.807) is 37.3 Å². The summed E-state index contributed by atoms with van der Waals surface area (Å²) < 4.78 is 5.30. The molecule has 0 atom stereocenters. The van der Waals surface area contributed by atoms with Crippen LogP contribution < -0.4 is 5.32 Å². The number of aryl methyl sites for hydroxylation is 1. The van der Waals surface area contributed by atoms with E-state index in [4.69, 9.17) is 32.9 Å². The zero-order valence-electron chi connectivity index (χ0n) is 11.0. The number of nitrogens with zero attached hydrogens (tertiary/aromatic N) is 1. The second kappa shape index (κ2) is 6.49. The number of nitrogens with one attached hydrogen (secondary N) is 1. The van der Waals surface area contributed by atoms with Crippen molar-refractivity contribution in [2.75, 3.05) is 5.32 Å². The zero-order chi connectivity index (χ0) is 15.4. The van der Waals surface area contributed by atoms with Crippen molar-refractivity contribution in [3.05, 3.63) is 57.5 Å². The largest absolute Gasteiger partial charge is 0.462 e. The van der Waals surface area contributed by atoms with Crippen LogP contribution >= 0.6 is 23.2 Å². The van der Waals surface area contributed by atoms with Gasteiger partial charge in [0.25, 0.3) is 5.91 Å². The van der Waals surface area contributed by atoms with E-state index >= 15 is 0 Å². The third kappa shape index (κ3) is 3.66. The predicted molar refractivity (Wildman–Crippen MR) is 82.1 cm³/mol. The second-order valence-corrected chi connectivity index (χ2v) is 4.98. The Morgan fingerprint density at radius 2 is 1.95 bits per heavy atom. The number of para-hydroxylation sites is 1. The number of nitriles is 1. The summed E-state index contributed by atoms with van der Waals surface area (Å²) in [5.41, 5.74) is 0.156. The summed E-state index contributed by atoms with van der Waals surface area (Å²) in [6, 6.07) is 10.1. The average molecular weight is 321 g/mol. The first-order chi connectivity index (χ1) is 10.0. The van der Waals surface area contributed by atoms with Crippen LogP contribution in [0.4, 0.5) is 5.69 Å². The number of carbonyl (C=O) groups excluding carboxylic acids is 1. The van der Waals surface area contributed by atoms with E-state index in [0.29, 0.717) is 21.6 Å². The highest BCUT2D eigenvalue weighted by molar-refractivity contribution is 6.40. The van der Waals surface area contributed by atoms with Crippen molar-refractivity contribution >= 4 is 40.9 Å². The first kappa shape index (κ1) is 15.2. The molecule has 4 nitrogen and oxygen atoms in total. The zero-order valence-corrected chi connectivity index (χ0v) is 12.5. The quantitative estimate of drug-likeness (QED) is 0.671. The first-order valence-electron chi connectivity index (χ1n) is 5.95. The van der Waals surface area contributed by atoms with Gasteiger partial charge in [0, 0.05) is 6.08 Å². The smallest absolute Gasteiger partial charge is 0.266 e. The van der Waals surface area contributed by atoms with Crippen LogP contribution in [0.2, 0.25) is 10.0 Å². The van der Waals surface area contributed by atoms with Crippen LogP contribution in [0.3, 0.4) is 0 Å². The Morgan fingerprint density at radius 1 is 1.29 bits per heavy atom. The van der Waals surface area contributed by atoms with Gasteiger partial charge in [-0.15, -0.1) is 0 Å². The van der Waals surface area contributed by atoms with E-state index in [9.17, 15) is 4.79 Å². The van der Waals surface area contributed by atoms with Crippen molar-refractivity contribution in [2.45, 2.75) is 6.92 Å². The highest BCUT2D eigenvalue weighted by Gasteiger charge is 2.14. The molecule has 0 bridgehead atoms. The summed E-state index contributed by atoms with van der Waals surface area (Å²) in [4.78, 5) is 12.1. The van der Waals surface area contributed by atoms with Gasteiger partial charge < -0.3 is 9.73 Å². The van der Waals surface area contributed by atoms with Gasteiger partial charge in [-0.3, -0.25) is 4.79 Å². The number of hydrogen-bond acceptors (Lipinski definition) is 3. The molecule has 0 saturated carbocycles. The Balaban J connectivity index is 2.26. The maximum absolute atomic E-state index is 12.1. The van der Waals surface area contributed by atoms with Gasteiger partial charge >= 0.3 is 0 Å². The maximum Gasteiger partial charge on any atom is 0.266 e. The van der Waals surface area contributed by atoms with Crippen LogP contribution in [0.1, 0.15) is 11.5 Å². The molecule has 1 amide bonds. The Labute approximate surface area is 131 Å². The van der Waals surface area contributed by atoms with Gasteiger partial charge in [-0.25, -0.2) is 0 Å². The third-order valence-electron chi connectivity index (χ3n) is 2.61. The molecule has 0 spiro atoms. The Hall–Kier alpha value is -2.22. The summed E-state index contributed by atoms with van der Waals surface area (Å²) in [6.07, 6.45) is 1.35. The highest BCUT2D eigenvalue weighted by atomic mass is 35.5. The summed E-state index contributed by atoms with van der Waals surface area (Å²) in [5, 5.41) is 12.2. The molecule has 1 N–H and O–H groups in total. The van der Waals surface area contributed by atoms with Gasteiger partial charge in [0.15, 0.2) is 0 Å². The molecule has 21 heavy (non-hydrogen) atoms. The van der Waals surface area contributed by atoms with Gasteiger partial charge in [-0.05, 0) is 31.2 Å².